The van der Waals surface area contributed by atoms with E-state index < -0.39 is 0 Å². The second-order valence-corrected chi connectivity index (χ2v) is 8.95. The number of nitriles is 1. The largest absolute Gasteiger partial charge is 0.309 e. The standard InChI is InChI=1S/C32H23N3/c1-21-10-12-26(22(2)18-21)29-7-5-8-30-28-6-3-4-9-31(28)35(32(29)30)25-11-13-27(24(19-25)20-33)23-14-16-34-17-15-23/h3-19H,1-2H3. The molecule has 0 aliphatic carbocycles. The number of nitrogens with zero attached hydrogens (tertiary/aromatic N) is 3. The predicted octanol–water partition coefficient (Wildman–Crippen LogP) is 8.00. The third-order valence-corrected chi connectivity index (χ3v) is 6.74. The van der Waals surface area contributed by atoms with E-state index >= 15 is 0 Å². The van der Waals surface area contributed by atoms with Crippen LogP contribution in [0.2, 0.25) is 0 Å². The van der Waals surface area contributed by atoms with Crippen LogP contribution in [0.1, 0.15) is 16.7 Å². The third-order valence-electron chi connectivity index (χ3n) is 6.74. The summed E-state index contributed by atoms with van der Waals surface area (Å²) in [6.07, 6.45) is 3.51. The number of rotatable bonds is 3. The molecule has 0 radical (unpaired) electrons. The molecule has 0 amide bonds. The Hall–Kier alpha value is -4.68. The van der Waals surface area contributed by atoms with Gasteiger partial charge in [0.05, 0.1) is 22.7 Å². The SMILES string of the molecule is Cc1ccc(-c2cccc3c4ccccc4n(-c4ccc(-c5ccncc5)c(C#N)c4)c23)c(C)c1. The van der Waals surface area contributed by atoms with Crippen molar-refractivity contribution in [2.45, 2.75) is 13.8 Å². The van der Waals surface area contributed by atoms with Gasteiger partial charge in [-0.2, -0.15) is 5.26 Å². The first-order valence-corrected chi connectivity index (χ1v) is 11.7. The first-order chi connectivity index (χ1) is 17.2. The quantitative estimate of drug-likeness (QED) is 0.275. The molecule has 6 aromatic rings. The van der Waals surface area contributed by atoms with Gasteiger partial charge in [-0.3, -0.25) is 4.98 Å². The fourth-order valence-electron chi connectivity index (χ4n) is 5.17. The lowest BCUT2D eigenvalue weighted by atomic mass is 9.96. The zero-order chi connectivity index (χ0) is 23.9. The van der Waals surface area contributed by atoms with Crippen molar-refractivity contribution in [3.63, 3.8) is 0 Å². The maximum atomic E-state index is 10.0. The van der Waals surface area contributed by atoms with Crippen LogP contribution in [0.15, 0.2) is 103 Å². The topological polar surface area (TPSA) is 41.6 Å². The Morgan fingerprint density at radius 2 is 1.49 bits per heavy atom. The molecule has 0 bridgehead atoms. The van der Waals surface area contributed by atoms with Crippen molar-refractivity contribution in [3.05, 3.63) is 120 Å². The molecule has 4 aromatic carbocycles. The Labute approximate surface area is 204 Å². The fourth-order valence-corrected chi connectivity index (χ4v) is 5.17. The minimum absolute atomic E-state index is 0.642. The Morgan fingerprint density at radius 1 is 0.714 bits per heavy atom. The maximum absolute atomic E-state index is 10.0. The van der Waals surface area contributed by atoms with Crippen LogP contribution >= 0.6 is 0 Å². The molecule has 35 heavy (non-hydrogen) atoms. The van der Waals surface area contributed by atoms with Crippen LogP contribution in [-0.4, -0.2) is 9.55 Å². The van der Waals surface area contributed by atoms with Gasteiger partial charge in [0.15, 0.2) is 0 Å². The molecule has 0 aliphatic rings. The number of pyridine rings is 1. The van der Waals surface area contributed by atoms with Crippen molar-refractivity contribution in [2.75, 3.05) is 0 Å². The Morgan fingerprint density at radius 3 is 2.29 bits per heavy atom. The second-order valence-electron chi connectivity index (χ2n) is 8.95. The van der Waals surface area contributed by atoms with E-state index in [-0.39, 0.29) is 0 Å². The molecule has 3 heteroatoms. The van der Waals surface area contributed by atoms with E-state index in [2.05, 4.69) is 96.2 Å². The highest BCUT2D eigenvalue weighted by atomic mass is 15.0. The zero-order valence-electron chi connectivity index (χ0n) is 19.7. The summed E-state index contributed by atoms with van der Waals surface area (Å²) in [5.74, 6) is 0. The molecule has 2 aromatic heterocycles. The highest BCUT2D eigenvalue weighted by Gasteiger charge is 2.18. The molecule has 0 spiro atoms. The number of benzene rings is 4. The molecule has 0 unspecified atom stereocenters. The van der Waals surface area contributed by atoms with Crippen molar-refractivity contribution in [1.29, 1.82) is 5.26 Å². The number of hydrogen-bond acceptors (Lipinski definition) is 2. The molecular formula is C32H23N3. The monoisotopic (exact) mass is 449 g/mol. The summed E-state index contributed by atoms with van der Waals surface area (Å²) in [6.45, 7) is 4.30. The normalized spacial score (nSPS) is 11.1. The van der Waals surface area contributed by atoms with Gasteiger partial charge in [-0.1, -0.05) is 66.2 Å². The van der Waals surface area contributed by atoms with E-state index in [9.17, 15) is 5.26 Å². The lowest BCUT2D eigenvalue weighted by molar-refractivity contribution is 1.18. The van der Waals surface area contributed by atoms with E-state index in [0.29, 0.717) is 5.56 Å². The van der Waals surface area contributed by atoms with Gasteiger partial charge in [0.2, 0.25) is 0 Å². The minimum atomic E-state index is 0.642. The maximum Gasteiger partial charge on any atom is 0.0998 e. The van der Waals surface area contributed by atoms with E-state index in [4.69, 9.17) is 0 Å². The van der Waals surface area contributed by atoms with Crippen LogP contribution in [0.5, 0.6) is 0 Å². The molecule has 166 valence electrons. The molecule has 0 N–H and O–H groups in total. The molecule has 6 rings (SSSR count). The zero-order valence-corrected chi connectivity index (χ0v) is 19.7. The summed E-state index contributed by atoms with van der Waals surface area (Å²) >= 11 is 0. The van der Waals surface area contributed by atoms with Crippen molar-refractivity contribution in [3.8, 4) is 34.0 Å². The van der Waals surface area contributed by atoms with Crippen LogP contribution in [-0.2, 0) is 0 Å². The summed E-state index contributed by atoms with van der Waals surface area (Å²) in [5.41, 5.74) is 10.7. The lowest BCUT2D eigenvalue weighted by Gasteiger charge is -2.15. The van der Waals surface area contributed by atoms with Crippen molar-refractivity contribution < 1.29 is 0 Å². The van der Waals surface area contributed by atoms with Crippen LogP contribution < -0.4 is 0 Å². The van der Waals surface area contributed by atoms with E-state index in [1.54, 1.807) is 12.4 Å². The summed E-state index contributed by atoms with van der Waals surface area (Å²) < 4.78 is 2.30. The first-order valence-electron chi connectivity index (χ1n) is 11.7. The second kappa shape index (κ2) is 8.27. The minimum Gasteiger partial charge on any atom is -0.309 e. The van der Waals surface area contributed by atoms with Gasteiger partial charge < -0.3 is 4.57 Å². The number of para-hydroxylation sites is 2. The van der Waals surface area contributed by atoms with E-state index in [0.717, 1.165) is 27.8 Å². The molecule has 0 fully saturated rings. The summed E-state index contributed by atoms with van der Waals surface area (Å²) in [4.78, 5) is 4.12. The third kappa shape index (κ3) is 3.39. The van der Waals surface area contributed by atoms with Gasteiger partial charge in [0, 0.05) is 34.4 Å². The van der Waals surface area contributed by atoms with E-state index in [1.807, 2.05) is 24.3 Å². The van der Waals surface area contributed by atoms with Crippen molar-refractivity contribution >= 4 is 21.8 Å². The molecule has 2 heterocycles. The molecule has 0 atom stereocenters. The van der Waals surface area contributed by atoms with Gasteiger partial charge in [0.25, 0.3) is 0 Å². The van der Waals surface area contributed by atoms with Crippen molar-refractivity contribution in [1.82, 2.24) is 9.55 Å². The molecular weight excluding hydrogens is 426 g/mol. The molecule has 0 saturated carbocycles. The summed E-state index contributed by atoms with van der Waals surface area (Å²) in [5, 5.41) is 12.5. The lowest BCUT2D eigenvalue weighted by Crippen LogP contribution is -1.98. The van der Waals surface area contributed by atoms with Gasteiger partial charge in [-0.05, 0) is 66.4 Å². The van der Waals surface area contributed by atoms with Crippen molar-refractivity contribution in [2.24, 2.45) is 0 Å². The van der Waals surface area contributed by atoms with Crippen LogP contribution in [0.3, 0.4) is 0 Å². The molecule has 0 saturated heterocycles. The fraction of sp³-hybridized carbons (Fsp3) is 0.0625. The highest BCUT2D eigenvalue weighted by molar-refractivity contribution is 6.14. The number of aryl methyl sites for hydroxylation is 2. The Bertz CT molecular complexity index is 1770. The number of fused-ring (bicyclic) bond motifs is 3. The average Bonchev–Trinajstić information content (AvgIpc) is 3.24. The highest BCUT2D eigenvalue weighted by Crippen LogP contribution is 2.39. The Balaban J connectivity index is 1.69. The van der Waals surface area contributed by atoms with Crippen LogP contribution in [0, 0.1) is 25.2 Å². The number of hydrogen-bond donors (Lipinski definition) is 0. The van der Waals surface area contributed by atoms with Crippen LogP contribution in [0.4, 0.5) is 0 Å². The van der Waals surface area contributed by atoms with Gasteiger partial charge in [0.1, 0.15) is 0 Å². The van der Waals surface area contributed by atoms with Gasteiger partial charge in [-0.15, -0.1) is 0 Å². The summed E-state index contributed by atoms with van der Waals surface area (Å²) in [6, 6.07) is 34.1. The number of aromatic nitrogens is 2. The Kier molecular flexibility index (Phi) is 4.94. The molecule has 3 nitrogen and oxygen atoms in total. The van der Waals surface area contributed by atoms with Crippen LogP contribution in [0.25, 0.3) is 49.7 Å². The summed E-state index contributed by atoms with van der Waals surface area (Å²) in [7, 11) is 0. The van der Waals surface area contributed by atoms with Gasteiger partial charge >= 0.3 is 0 Å². The molecule has 0 aliphatic heterocycles. The first kappa shape index (κ1) is 20.9. The van der Waals surface area contributed by atoms with Gasteiger partial charge in [-0.25, -0.2) is 0 Å². The predicted molar refractivity (Wildman–Crippen MR) is 144 cm³/mol. The smallest absolute Gasteiger partial charge is 0.0998 e. The average molecular weight is 450 g/mol. The van der Waals surface area contributed by atoms with E-state index in [1.165, 1.54) is 33.0 Å².